The Balaban J connectivity index is 1.66. The molecule has 0 amide bonds. The molecule has 1 aromatic heterocycles. The van der Waals surface area contributed by atoms with E-state index in [0.717, 1.165) is 11.7 Å². The first-order valence-electron chi connectivity index (χ1n) is 8.07. The lowest BCUT2D eigenvalue weighted by atomic mass is 9.43. The Morgan fingerprint density at radius 3 is 2.48 bits per heavy atom. The molecule has 0 spiro atoms. The van der Waals surface area contributed by atoms with Crippen molar-refractivity contribution in [2.24, 2.45) is 16.7 Å². The Bertz CT molecular complexity index is 612. The van der Waals surface area contributed by atoms with Crippen LogP contribution in [0, 0.1) is 28.1 Å². The van der Waals surface area contributed by atoms with E-state index in [1.165, 1.54) is 38.5 Å². The van der Waals surface area contributed by atoms with Crippen LogP contribution >= 0.6 is 0 Å². The van der Waals surface area contributed by atoms with E-state index in [2.05, 4.69) is 30.2 Å². The van der Waals surface area contributed by atoms with Gasteiger partial charge in [0.1, 0.15) is 17.6 Å². The number of hydrogen-bond donors (Lipinski definition) is 1. The van der Waals surface area contributed by atoms with Crippen LogP contribution in [0.3, 0.4) is 0 Å². The highest BCUT2D eigenvalue weighted by molar-refractivity contribution is 5.42. The minimum atomic E-state index is 0.198. The van der Waals surface area contributed by atoms with Gasteiger partial charge in [0, 0.05) is 5.54 Å². The Kier molecular flexibility index (Phi) is 2.50. The van der Waals surface area contributed by atoms with Gasteiger partial charge in [0.2, 0.25) is 0 Å². The standard InChI is InChI=1S/C18H23N3/c1-16-6-13-7-17(2,10-16)12-18(8-13,11-16)21-15-5-3-4-14(9-19)20-15/h3-5,13H,6-8,10-12H2,1-2H3,(H,20,21). The molecule has 4 bridgehead atoms. The molecular formula is C18H23N3. The lowest BCUT2D eigenvalue weighted by molar-refractivity contribution is -0.0973. The third kappa shape index (κ3) is 2.12. The van der Waals surface area contributed by atoms with Crippen LogP contribution in [0.5, 0.6) is 0 Å². The number of nitrogens with one attached hydrogen (secondary N) is 1. The average molecular weight is 281 g/mol. The molecule has 2 unspecified atom stereocenters. The highest BCUT2D eigenvalue weighted by atomic mass is 15.1. The Morgan fingerprint density at radius 1 is 1.14 bits per heavy atom. The monoisotopic (exact) mass is 281 g/mol. The van der Waals surface area contributed by atoms with Gasteiger partial charge in [0.05, 0.1) is 0 Å². The first-order chi connectivity index (χ1) is 9.92. The van der Waals surface area contributed by atoms with E-state index in [1.54, 1.807) is 6.07 Å². The molecule has 110 valence electrons. The van der Waals surface area contributed by atoms with E-state index >= 15 is 0 Å². The molecule has 5 rings (SSSR count). The van der Waals surface area contributed by atoms with Crippen LogP contribution in [-0.2, 0) is 0 Å². The van der Waals surface area contributed by atoms with Gasteiger partial charge in [0.15, 0.2) is 0 Å². The molecule has 2 atom stereocenters. The molecule has 0 radical (unpaired) electrons. The van der Waals surface area contributed by atoms with Crippen molar-refractivity contribution >= 4 is 5.82 Å². The van der Waals surface area contributed by atoms with Gasteiger partial charge >= 0.3 is 0 Å². The first kappa shape index (κ1) is 13.1. The Labute approximate surface area is 126 Å². The van der Waals surface area contributed by atoms with Crippen molar-refractivity contribution in [1.82, 2.24) is 4.98 Å². The number of nitriles is 1. The maximum absolute atomic E-state index is 9.03. The second kappa shape index (κ2) is 4.00. The van der Waals surface area contributed by atoms with Crippen molar-refractivity contribution in [3.05, 3.63) is 23.9 Å². The highest BCUT2D eigenvalue weighted by Crippen LogP contribution is 2.66. The summed E-state index contributed by atoms with van der Waals surface area (Å²) in [6.45, 7) is 4.95. The van der Waals surface area contributed by atoms with Gasteiger partial charge < -0.3 is 5.32 Å². The smallest absolute Gasteiger partial charge is 0.142 e. The molecule has 21 heavy (non-hydrogen) atoms. The van der Waals surface area contributed by atoms with Gasteiger partial charge in [-0.1, -0.05) is 19.9 Å². The van der Waals surface area contributed by atoms with E-state index in [4.69, 9.17) is 5.26 Å². The van der Waals surface area contributed by atoms with Gasteiger partial charge in [-0.15, -0.1) is 0 Å². The van der Waals surface area contributed by atoms with Crippen molar-refractivity contribution < 1.29 is 0 Å². The van der Waals surface area contributed by atoms with Crippen LogP contribution in [-0.4, -0.2) is 10.5 Å². The molecule has 0 saturated heterocycles. The highest BCUT2D eigenvalue weighted by Gasteiger charge is 2.60. The quantitative estimate of drug-likeness (QED) is 0.887. The molecule has 4 aliphatic rings. The van der Waals surface area contributed by atoms with Crippen molar-refractivity contribution in [2.45, 2.75) is 57.9 Å². The fourth-order valence-electron chi connectivity index (χ4n) is 6.43. The van der Waals surface area contributed by atoms with Gasteiger partial charge in [-0.3, -0.25) is 0 Å². The van der Waals surface area contributed by atoms with Crippen LogP contribution in [0.4, 0.5) is 5.82 Å². The van der Waals surface area contributed by atoms with Crippen molar-refractivity contribution in [1.29, 1.82) is 5.26 Å². The minimum absolute atomic E-state index is 0.198. The number of aromatic nitrogens is 1. The van der Waals surface area contributed by atoms with Crippen LogP contribution in [0.1, 0.15) is 58.1 Å². The third-order valence-corrected chi connectivity index (χ3v) is 5.88. The summed E-state index contributed by atoms with van der Waals surface area (Å²) in [6.07, 6.45) is 7.96. The van der Waals surface area contributed by atoms with Gasteiger partial charge in [-0.25, -0.2) is 4.98 Å². The molecule has 0 aliphatic heterocycles. The van der Waals surface area contributed by atoms with Crippen LogP contribution in [0.15, 0.2) is 18.2 Å². The molecule has 4 saturated carbocycles. The zero-order valence-electron chi connectivity index (χ0n) is 12.9. The topological polar surface area (TPSA) is 48.7 Å². The summed E-state index contributed by atoms with van der Waals surface area (Å²) in [4.78, 5) is 4.44. The van der Waals surface area contributed by atoms with Crippen molar-refractivity contribution in [3.8, 4) is 6.07 Å². The SMILES string of the molecule is CC12CC3CC(C)(C1)CC(Nc1cccc(C#N)n1)(C3)C2. The number of rotatable bonds is 2. The fourth-order valence-corrected chi connectivity index (χ4v) is 6.43. The summed E-state index contributed by atoms with van der Waals surface area (Å²) >= 11 is 0. The summed E-state index contributed by atoms with van der Waals surface area (Å²) < 4.78 is 0. The largest absolute Gasteiger partial charge is 0.365 e. The maximum Gasteiger partial charge on any atom is 0.142 e. The van der Waals surface area contributed by atoms with Crippen molar-refractivity contribution in [2.75, 3.05) is 5.32 Å². The third-order valence-electron chi connectivity index (χ3n) is 5.88. The van der Waals surface area contributed by atoms with Gasteiger partial charge in [-0.05, 0) is 67.4 Å². The lowest BCUT2D eigenvalue weighted by Crippen LogP contribution is -2.61. The van der Waals surface area contributed by atoms with Gasteiger partial charge in [-0.2, -0.15) is 5.26 Å². The molecule has 1 aromatic rings. The molecule has 4 aliphatic carbocycles. The fraction of sp³-hybridized carbons (Fsp3) is 0.667. The minimum Gasteiger partial charge on any atom is -0.365 e. The lowest BCUT2D eigenvalue weighted by Gasteiger charge is -2.65. The maximum atomic E-state index is 9.03. The molecule has 3 heteroatoms. The van der Waals surface area contributed by atoms with E-state index in [-0.39, 0.29) is 5.54 Å². The molecular weight excluding hydrogens is 258 g/mol. The molecule has 1 N–H and O–H groups in total. The predicted molar refractivity (Wildman–Crippen MR) is 82.7 cm³/mol. The van der Waals surface area contributed by atoms with E-state index in [1.807, 2.05) is 12.1 Å². The van der Waals surface area contributed by atoms with E-state index in [0.29, 0.717) is 16.5 Å². The van der Waals surface area contributed by atoms with E-state index in [9.17, 15) is 0 Å². The van der Waals surface area contributed by atoms with Crippen molar-refractivity contribution in [3.63, 3.8) is 0 Å². The summed E-state index contributed by atoms with van der Waals surface area (Å²) in [5.41, 5.74) is 1.69. The normalized spacial score (nSPS) is 43.6. The van der Waals surface area contributed by atoms with E-state index < -0.39 is 0 Å². The Morgan fingerprint density at radius 2 is 1.86 bits per heavy atom. The number of hydrogen-bond acceptors (Lipinski definition) is 3. The number of nitrogens with zero attached hydrogens (tertiary/aromatic N) is 2. The summed E-state index contributed by atoms with van der Waals surface area (Å²) in [5.74, 6) is 1.74. The summed E-state index contributed by atoms with van der Waals surface area (Å²) in [7, 11) is 0. The molecule has 4 fully saturated rings. The zero-order chi connectivity index (χ0) is 14.7. The summed E-state index contributed by atoms with van der Waals surface area (Å²) in [5, 5.41) is 12.8. The molecule has 1 heterocycles. The second-order valence-electron chi connectivity index (χ2n) is 8.56. The van der Waals surface area contributed by atoms with Crippen LogP contribution in [0.25, 0.3) is 0 Å². The summed E-state index contributed by atoms with van der Waals surface area (Å²) in [6, 6.07) is 7.84. The van der Waals surface area contributed by atoms with Crippen LogP contribution < -0.4 is 5.32 Å². The molecule has 3 nitrogen and oxygen atoms in total. The predicted octanol–water partition coefficient (Wildman–Crippen LogP) is 4.11. The van der Waals surface area contributed by atoms with Gasteiger partial charge in [0.25, 0.3) is 0 Å². The average Bonchev–Trinajstić information content (AvgIpc) is 2.33. The number of anilines is 1. The number of pyridine rings is 1. The molecule has 0 aromatic carbocycles. The second-order valence-corrected chi connectivity index (χ2v) is 8.56. The Hall–Kier alpha value is -1.56. The first-order valence-corrected chi connectivity index (χ1v) is 8.07. The zero-order valence-corrected chi connectivity index (χ0v) is 12.9. The van der Waals surface area contributed by atoms with Crippen LogP contribution in [0.2, 0.25) is 0 Å².